The second kappa shape index (κ2) is 5.30. The number of carbonyl (C=O) groups excluding carboxylic acids is 1. The molecule has 5 nitrogen and oxygen atoms in total. The lowest BCUT2D eigenvalue weighted by Crippen LogP contribution is -2.10. The Kier molecular flexibility index (Phi) is 3.14. The molecule has 1 N–H and O–H groups in total. The van der Waals surface area contributed by atoms with Crippen LogP contribution < -0.4 is 5.43 Å². The first kappa shape index (κ1) is 13.6. The summed E-state index contributed by atoms with van der Waals surface area (Å²) in [6.45, 7) is 0. The largest absolute Gasteiger partial charge is 0.287 e. The van der Waals surface area contributed by atoms with Gasteiger partial charge in [-0.05, 0) is 29.8 Å². The van der Waals surface area contributed by atoms with Crippen molar-refractivity contribution in [1.29, 1.82) is 5.26 Å². The number of thiazole rings is 1. The lowest BCUT2D eigenvalue weighted by Gasteiger charge is -1.95. The Morgan fingerprint density at radius 3 is 2.96 bits per heavy atom. The number of hydrazone groups is 1. The molecule has 2 aromatic carbocycles. The Labute approximate surface area is 135 Å². The molecule has 1 aliphatic rings. The van der Waals surface area contributed by atoms with E-state index in [1.807, 2.05) is 36.4 Å². The van der Waals surface area contributed by atoms with Gasteiger partial charge in [0, 0.05) is 12.0 Å². The number of benzene rings is 2. The highest BCUT2D eigenvalue weighted by atomic mass is 32.1. The standard InChI is InChI=1S/C17H10N4OS/c18-9-10-5-6-11-8-14(16(22)12(11)7-10)20-21-17-19-13-3-1-2-4-15(13)23-17/h1-7H,8H2,(H,19,21)/b20-14-. The predicted molar refractivity (Wildman–Crippen MR) is 89.9 cm³/mol. The minimum atomic E-state index is -0.134. The fourth-order valence-electron chi connectivity index (χ4n) is 2.55. The smallest absolute Gasteiger partial charge is 0.209 e. The monoisotopic (exact) mass is 318 g/mol. The maximum absolute atomic E-state index is 12.4. The molecule has 0 unspecified atom stereocenters. The number of ketones is 1. The van der Waals surface area contributed by atoms with E-state index in [2.05, 4.69) is 15.5 Å². The summed E-state index contributed by atoms with van der Waals surface area (Å²) >= 11 is 1.49. The molecule has 0 aliphatic heterocycles. The van der Waals surface area contributed by atoms with Crippen molar-refractivity contribution in [1.82, 2.24) is 4.98 Å². The van der Waals surface area contributed by atoms with Crippen molar-refractivity contribution in [3.8, 4) is 6.07 Å². The first-order chi connectivity index (χ1) is 11.2. The van der Waals surface area contributed by atoms with Gasteiger partial charge >= 0.3 is 0 Å². The topological polar surface area (TPSA) is 78.1 Å². The molecule has 0 bridgehead atoms. The van der Waals surface area contributed by atoms with Gasteiger partial charge in [0.2, 0.25) is 10.9 Å². The molecule has 1 aromatic heterocycles. The number of aromatic nitrogens is 1. The van der Waals surface area contributed by atoms with E-state index >= 15 is 0 Å². The lowest BCUT2D eigenvalue weighted by molar-refractivity contribution is 0.106. The molecular formula is C17H10N4OS. The van der Waals surface area contributed by atoms with Gasteiger partial charge in [-0.3, -0.25) is 10.2 Å². The van der Waals surface area contributed by atoms with E-state index in [-0.39, 0.29) is 5.78 Å². The summed E-state index contributed by atoms with van der Waals surface area (Å²) in [5, 5.41) is 13.8. The zero-order chi connectivity index (χ0) is 15.8. The number of nitrogens with zero attached hydrogens (tertiary/aromatic N) is 3. The fraction of sp³-hybridized carbons (Fsp3) is 0.0588. The highest BCUT2D eigenvalue weighted by molar-refractivity contribution is 7.22. The van der Waals surface area contributed by atoms with Gasteiger partial charge in [0.25, 0.3) is 0 Å². The van der Waals surface area contributed by atoms with Gasteiger partial charge in [0.05, 0.1) is 21.8 Å². The van der Waals surface area contributed by atoms with Crippen LogP contribution in [0.3, 0.4) is 0 Å². The Balaban J connectivity index is 1.60. The first-order valence-corrected chi connectivity index (χ1v) is 7.82. The summed E-state index contributed by atoms with van der Waals surface area (Å²) < 4.78 is 1.06. The Hall–Kier alpha value is -3.04. The molecule has 0 fully saturated rings. The average molecular weight is 318 g/mol. The van der Waals surface area contributed by atoms with Gasteiger partial charge < -0.3 is 0 Å². The summed E-state index contributed by atoms with van der Waals surface area (Å²) in [4.78, 5) is 16.8. The summed E-state index contributed by atoms with van der Waals surface area (Å²) in [7, 11) is 0. The van der Waals surface area contributed by atoms with Crippen LogP contribution in [0.2, 0.25) is 0 Å². The van der Waals surface area contributed by atoms with Crippen molar-refractivity contribution in [2.75, 3.05) is 5.43 Å². The predicted octanol–water partition coefficient (Wildman–Crippen LogP) is 3.37. The third kappa shape index (κ3) is 2.37. The van der Waals surface area contributed by atoms with Crippen molar-refractivity contribution < 1.29 is 4.79 Å². The molecular weight excluding hydrogens is 308 g/mol. The third-order valence-corrected chi connectivity index (χ3v) is 4.63. The average Bonchev–Trinajstić information content (AvgIpc) is 3.13. The maximum Gasteiger partial charge on any atom is 0.209 e. The van der Waals surface area contributed by atoms with Crippen LogP contribution in [0.25, 0.3) is 10.2 Å². The molecule has 0 saturated heterocycles. The molecule has 0 atom stereocenters. The quantitative estimate of drug-likeness (QED) is 0.735. The van der Waals surface area contributed by atoms with E-state index in [0.29, 0.717) is 28.4 Å². The molecule has 0 amide bonds. The summed E-state index contributed by atoms with van der Waals surface area (Å²) in [6, 6.07) is 15.0. The van der Waals surface area contributed by atoms with Gasteiger partial charge in [-0.15, -0.1) is 0 Å². The van der Waals surface area contributed by atoms with E-state index in [0.717, 1.165) is 15.8 Å². The Morgan fingerprint density at radius 2 is 2.13 bits per heavy atom. The van der Waals surface area contributed by atoms with Gasteiger partial charge in [0.1, 0.15) is 5.71 Å². The fourth-order valence-corrected chi connectivity index (χ4v) is 3.36. The number of carbonyl (C=O) groups is 1. The molecule has 6 heteroatoms. The maximum atomic E-state index is 12.4. The number of nitrogens with one attached hydrogen (secondary N) is 1. The number of rotatable bonds is 2. The summed E-state index contributed by atoms with van der Waals surface area (Å²) in [5.74, 6) is -0.134. The normalized spacial score (nSPS) is 14.9. The van der Waals surface area contributed by atoms with Crippen LogP contribution in [0.4, 0.5) is 5.13 Å². The van der Waals surface area contributed by atoms with E-state index < -0.39 is 0 Å². The van der Waals surface area contributed by atoms with Crippen molar-refractivity contribution in [2.24, 2.45) is 5.10 Å². The van der Waals surface area contributed by atoms with Crippen LogP contribution in [-0.4, -0.2) is 16.5 Å². The summed E-state index contributed by atoms with van der Waals surface area (Å²) in [5.41, 5.74) is 6.17. The highest BCUT2D eigenvalue weighted by Gasteiger charge is 2.26. The lowest BCUT2D eigenvalue weighted by atomic mass is 10.1. The molecule has 1 aliphatic carbocycles. The molecule has 23 heavy (non-hydrogen) atoms. The van der Waals surface area contributed by atoms with Crippen molar-refractivity contribution in [3.05, 3.63) is 59.2 Å². The van der Waals surface area contributed by atoms with E-state index in [1.165, 1.54) is 11.3 Å². The number of para-hydroxylation sites is 1. The minimum absolute atomic E-state index is 0.134. The van der Waals surface area contributed by atoms with E-state index in [1.54, 1.807) is 12.1 Å². The van der Waals surface area contributed by atoms with Crippen LogP contribution in [0, 0.1) is 11.3 Å². The van der Waals surface area contributed by atoms with Crippen LogP contribution in [0.1, 0.15) is 21.5 Å². The molecule has 0 spiro atoms. The first-order valence-electron chi connectivity index (χ1n) is 7.00. The van der Waals surface area contributed by atoms with Gasteiger partial charge in [0.15, 0.2) is 0 Å². The Morgan fingerprint density at radius 1 is 1.26 bits per heavy atom. The number of hydrogen-bond acceptors (Lipinski definition) is 6. The van der Waals surface area contributed by atoms with Gasteiger partial charge in [-0.25, -0.2) is 4.98 Å². The molecule has 3 aromatic rings. The summed E-state index contributed by atoms with van der Waals surface area (Å²) in [6.07, 6.45) is 0.470. The second-order valence-electron chi connectivity index (χ2n) is 5.15. The number of hydrogen-bond donors (Lipinski definition) is 1. The highest BCUT2D eigenvalue weighted by Crippen LogP contribution is 2.26. The zero-order valence-corrected chi connectivity index (χ0v) is 12.7. The Bertz CT molecular complexity index is 980. The van der Waals surface area contributed by atoms with Crippen LogP contribution in [-0.2, 0) is 6.42 Å². The molecule has 0 radical (unpaired) electrons. The second-order valence-corrected chi connectivity index (χ2v) is 6.18. The van der Waals surface area contributed by atoms with E-state index in [4.69, 9.17) is 5.26 Å². The SMILES string of the molecule is N#Cc1ccc2c(c1)C(=O)/C(=N\Nc1nc3ccccc3s1)C2. The number of nitriles is 1. The van der Waals surface area contributed by atoms with E-state index in [9.17, 15) is 4.79 Å². The molecule has 0 saturated carbocycles. The zero-order valence-electron chi connectivity index (χ0n) is 11.9. The number of Topliss-reactive ketones (excluding diaryl/α,β-unsaturated/α-hetero) is 1. The van der Waals surface area contributed by atoms with Crippen molar-refractivity contribution >= 4 is 38.2 Å². The number of anilines is 1. The third-order valence-electron chi connectivity index (χ3n) is 3.68. The van der Waals surface area contributed by atoms with Crippen LogP contribution in [0.15, 0.2) is 47.6 Å². The van der Waals surface area contributed by atoms with Crippen LogP contribution >= 0.6 is 11.3 Å². The van der Waals surface area contributed by atoms with Gasteiger partial charge in [-0.1, -0.05) is 29.5 Å². The van der Waals surface area contributed by atoms with Gasteiger partial charge in [-0.2, -0.15) is 10.4 Å². The molecule has 1 heterocycles. The van der Waals surface area contributed by atoms with Crippen molar-refractivity contribution in [2.45, 2.75) is 6.42 Å². The molecule has 4 rings (SSSR count). The molecule has 110 valence electrons. The number of fused-ring (bicyclic) bond motifs is 2. The minimum Gasteiger partial charge on any atom is -0.287 e. The van der Waals surface area contributed by atoms with Crippen molar-refractivity contribution in [3.63, 3.8) is 0 Å². The van der Waals surface area contributed by atoms with Crippen LogP contribution in [0.5, 0.6) is 0 Å².